The van der Waals surface area contributed by atoms with E-state index in [9.17, 15) is 14.3 Å². The van der Waals surface area contributed by atoms with Gasteiger partial charge in [0.15, 0.2) is 11.6 Å². The minimum atomic E-state index is -1.63. The van der Waals surface area contributed by atoms with E-state index >= 15 is 4.39 Å². The van der Waals surface area contributed by atoms with E-state index in [1.807, 2.05) is 0 Å². The molecule has 0 saturated heterocycles. The van der Waals surface area contributed by atoms with Gasteiger partial charge in [0.2, 0.25) is 0 Å². The number of H-pyrrole nitrogens is 1. The zero-order valence-electron chi connectivity index (χ0n) is 17.2. The fourth-order valence-corrected chi connectivity index (χ4v) is 4.21. The van der Waals surface area contributed by atoms with Crippen LogP contribution in [0.1, 0.15) is 75.4 Å². The highest BCUT2D eigenvalue weighted by Gasteiger charge is 2.32. The first-order valence-corrected chi connectivity index (χ1v) is 9.91. The number of benzene rings is 1. The van der Waals surface area contributed by atoms with Gasteiger partial charge in [-0.25, -0.2) is 13.6 Å². The van der Waals surface area contributed by atoms with Gasteiger partial charge in [0, 0.05) is 22.7 Å². The van der Waals surface area contributed by atoms with E-state index in [4.69, 9.17) is 10.5 Å². The average Bonchev–Trinajstić information content (AvgIpc) is 2.94. The Kier molecular flexibility index (Phi) is 5.87. The van der Waals surface area contributed by atoms with E-state index in [0.29, 0.717) is 29.4 Å². The van der Waals surface area contributed by atoms with E-state index in [-0.39, 0.29) is 23.1 Å². The maximum atomic E-state index is 15.1. The van der Waals surface area contributed by atoms with E-state index in [0.717, 1.165) is 12.8 Å². The van der Waals surface area contributed by atoms with Crippen LogP contribution in [0, 0.1) is 18.6 Å². The molecule has 1 saturated carbocycles. The lowest BCUT2D eigenvalue weighted by Gasteiger charge is -2.31. The molecule has 1 aromatic heterocycles. The van der Waals surface area contributed by atoms with Crippen molar-refractivity contribution in [3.63, 3.8) is 0 Å². The predicted octanol–water partition coefficient (Wildman–Crippen LogP) is 4.26. The summed E-state index contributed by atoms with van der Waals surface area (Å²) >= 11 is 0. The first-order chi connectivity index (χ1) is 13.5. The summed E-state index contributed by atoms with van der Waals surface area (Å²) in [6.45, 7) is 7.13. The van der Waals surface area contributed by atoms with Gasteiger partial charge in [-0.15, -0.1) is 0 Å². The number of hydrogen-bond donors (Lipinski definition) is 4. The van der Waals surface area contributed by atoms with Crippen LogP contribution < -0.4 is 11.1 Å². The molecule has 2 aromatic rings. The number of rotatable bonds is 3. The van der Waals surface area contributed by atoms with Crippen molar-refractivity contribution in [3.8, 4) is 0 Å². The molecule has 5 N–H and O–H groups in total. The van der Waals surface area contributed by atoms with Gasteiger partial charge in [0.05, 0.1) is 11.1 Å². The quantitative estimate of drug-likeness (QED) is 0.569. The van der Waals surface area contributed by atoms with Gasteiger partial charge in [-0.2, -0.15) is 0 Å². The number of alkyl carbamates (subject to hydrolysis) is 1. The van der Waals surface area contributed by atoms with Crippen molar-refractivity contribution in [2.45, 2.75) is 77.2 Å². The third-order valence-electron chi connectivity index (χ3n) is 5.28. The smallest absolute Gasteiger partial charge is 0.407 e. The van der Waals surface area contributed by atoms with Crippen LogP contribution in [0.5, 0.6) is 0 Å². The van der Waals surface area contributed by atoms with E-state index < -0.39 is 29.6 Å². The van der Waals surface area contributed by atoms with Crippen molar-refractivity contribution in [2.24, 2.45) is 5.73 Å². The van der Waals surface area contributed by atoms with Crippen molar-refractivity contribution >= 4 is 17.0 Å². The van der Waals surface area contributed by atoms with Crippen LogP contribution >= 0.6 is 0 Å². The number of carbonyl (C=O) groups is 1. The zero-order valence-corrected chi connectivity index (χ0v) is 17.2. The molecular weight excluding hydrogens is 380 g/mol. The number of aromatic amines is 1. The van der Waals surface area contributed by atoms with Crippen molar-refractivity contribution in [2.75, 3.05) is 0 Å². The number of ether oxygens (including phenoxy) is 1. The van der Waals surface area contributed by atoms with Gasteiger partial charge in [0.1, 0.15) is 11.8 Å². The molecule has 0 spiro atoms. The Morgan fingerprint density at radius 3 is 2.66 bits per heavy atom. The van der Waals surface area contributed by atoms with Crippen LogP contribution in [0.25, 0.3) is 10.9 Å². The van der Waals surface area contributed by atoms with E-state index in [1.165, 1.54) is 0 Å². The second-order valence-corrected chi connectivity index (χ2v) is 8.85. The number of amides is 1. The molecule has 0 radical (unpaired) electrons. The number of nitrogens with one attached hydrogen (secondary N) is 2. The molecule has 29 heavy (non-hydrogen) atoms. The Morgan fingerprint density at radius 2 is 2.03 bits per heavy atom. The van der Waals surface area contributed by atoms with Crippen molar-refractivity contribution in [1.29, 1.82) is 0 Å². The summed E-state index contributed by atoms with van der Waals surface area (Å²) in [7, 11) is 0. The standard InChI is InChI=1S/C21H29F2N3O3/c1-10-8-13-14(16(22)17(23)15(19(24)27)18(13)25-10)11-6-5-7-12(9-11)26-20(28)29-21(2,3)4/h8,11-12,19,25,27H,5-7,9,24H2,1-4H3,(H,26,28). The van der Waals surface area contributed by atoms with Crippen LogP contribution in [0.3, 0.4) is 0 Å². The summed E-state index contributed by atoms with van der Waals surface area (Å²) in [5, 5.41) is 13.1. The first kappa shape index (κ1) is 21.5. The molecule has 1 fully saturated rings. The highest BCUT2D eigenvalue weighted by molar-refractivity contribution is 5.88. The minimum absolute atomic E-state index is 0.194. The Hall–Kier alpha value is -2.19. The van der Waals surface area contributed by atoms with Gasteiger partial charge in [0.25, 0.3) is 0 Å². The maximum Gasteiger partial charge on any atom is 0.407 e. The number of aryl methyl sites for hydroxylation is 1. The van der Waals surface area contributed by atoms with E-state index in [2.05, 4.69) is 10.3 Å². The van der Waals surface area contributed by atoms with Crippen LogP contribution in [-0.2, 0) is 4.74 Å². The van der Waals surface area contributed by atoms with Crippen LogP contribution in [0.4, 0.5) is 13.6 Å². The van der Waals surface area contributed by atoms with Crippen LogP contribution in [0.2, 0.25) is 0 Å². The van der Waals surface area contributed by atoms with Gasteiger partial charge >= 0.3 is 6.09 Å². The predicted molar refractivity (Wildman–Crippen MR) is 106 cm³/mol. The summed E-state index contributed by atoms with van der Waals surface area (Å²) in [6.07, 6.45) is 0.505. The molecule has 8 heteroatoms. The molecule has 3 rings (SSSR count). The molecule has 1 aromatic carbocycles. The number of aromatic nitrogens is 1. The molecule has 1 amide bonds. The summed E-state index contributed by atoms with van der Waals surface area (Å²) < 4.78 is 35.2. The van der Waals surface area contributed by atoms with Gasteiger partial charge < -0.3 is 25.9 Å². The number of halogens is 2. The zero-order chi connectivity index (χ0) is 21.5. The average molecular weight is 409 g/mol. The second kappa shape index (κ2) is 7.91. The third kappa shape index (κ3) is 4.53. The van der Waals surface area contributed by atoms with Crippen LogP contribution in [-0.4, -0.2) is 27.8 Å². The van der Waals surface area contributed by atoms with Crippen LogP contribution in [0.15, 0.2) is 6.07 Å². The number of carbonyl (C=O) groups excluding carboxylic acids is 1. The van der Waals surface area contributed by atoms with Gasteiger partial charge in [-0.1, -0.05) is 6.42 Å². The molecule has 3 unspecified atom stereocenters. The highest BCUT2D eigenvalue weighted by Crippen LogP contribution is 2.41. The molecular formula is C21H29F2N3O3. The molecule has 160 valence electrons. The summed E-state index contributed by atoms with van der Waals surface area (Å²) in [4.78, 5) is 15.1. The summed E-state index contributed by atoms with van der Waals surface area (Å²) in [5.74, 6) is -2.40. The Morgan fingerprint density at radius 1 is 1.34 bits per heavy atom. The minimum Gasteiger partial charge on any atom is -0.444 e. The topological polar surface area (TPSA) is 100 Å². The number of aliphatic hydroxyl groups is 1. The molecule has 3 atom stereocenters. The second-order valence-electron chi connectivity index (χ2n) is 8.85. The largest absolute Gasteiger partial charge is 0.444 e. The SMILES string of the molecule is Cc1cc2c(C3CCCC(NC(=O)OC(C)(C)C)C3)c(F)c(F)c(C(N)O)c2[nH]1. The number of hydrogen-bond acceptors (Lipinski definition) is 4. The molecule has 6 nitrogen and oxygen atoms in total. The van der Waals surface area contributed by atoms with E-state index in [1.54, 1.807) is 33.8 Å². The number of fused-ring (bicyclic) bond motifs is 1. The first-order valence-electron chi connectivity index (χ1n) is 9.91. The fraction of sp³-hybridized carbons (Fsp3) is 0.571. The summed E-state index contributed by atoms with van der Waals surface area (Å²) in [5.41, 5.74) is 5.90. The molecule has 0 aliphatic heterocycles. The van der Waals surface area contributed by atoms with Crippen molar-refractivity contribution in [3.05, 3.63) is 34.5 Å². The van der Waals surface area contributed by atoms with Crippen molar-refractivity contribution in [1.82, 2.24) is 10.3 Å². The fourth-order valence-electron chi connectivity index (χ4n) is 4.21. The lowest BCUT2D eigenvalue weighted by Crippen LogP contribution is -2.41. The Balaban J connectivity index is 1.93. The lowest BCUT2D eigenvalue weighted by atomic mass is 9.79. The molecule has 0 bridgehead atoms. The molecule has 1 heterocycles. The molecule has 1 aliphatic rings. The van der Waals surface area contributed by atoms with Crippen molar-refractivity contribution < 1.29 is 23.4 Å². The van der Waals surface area contributed by atoms with Gasteiger partial charge in [-0.05, 0) is 58.9 Å². The molecule has 1 aliphatic carbocycles. The third-order valence-corrected chi connectivity index (χ3v) is 5.28. The Bertz CT molecular complexity index is 918. The normalized spacial score (nSPS) is 21.2. The highest BCUT2D eigenvalue weighted by atomic mass is 19.2. The summed E-state index contributed by atoms with van der Waals surface area (Å²) in [6, 6.07) is 1.55. The lowest BCUT2D eigenvalue weighted by molar-refractivity contribution is 0.0490. The monoisotopic (exact) mass is 409 g/mol. The van der Waals surface area contributed by atoms with Gasteiger partial charge in [-0.3, -0.25) is 0 Å². The number of aliphatic hydroxyl groups excluding tert-OH is 1. The Labute approximate surface area is 168 Å². The maximum absolute atomic E-state index is 15.1. The number of nitrogens with two attached hydrogens (primary N) is 1.